The van der Waals surface area contributed by atoms with Crippen molar-refractivity contribution in [2.24, 2.45) is 0 Å². The molecule has 0 aliphatic heterocycles. The minimum Gasteiger partial charge on any atom is -0.368 e. The third-order valence-corrected chi connectivity index (χ3v) is 6.29. The van der Waals surface area contributed by atoms with E-state index in [0.29, 0.717) is 22.6 Å². The van der Waals surface area contributed by atoms with Crippen molar-refractivity contribution in [3.05, 3.63) is 71.4 Å². The lowest BCUT2D eigenvalue weighted by molar-refractivity contribution is 0.262. The maximum absolute atomic E-state index is 14.6. The third-order valence-electron chi connectivity index (χ3n) is 4.76. The number of aromatic nitrogens is 3. The normalized spacial score (nSPS) is 11.3. The van der Waals surface area contributed by atoms with Gasteiger partial charge in [-0.05, 0) is 48.0 Å². The van der Waals surface area contributed by atoms with Gasteiger partial charge >= 0.3 is 6.03 Å². The fourth-order valence-corrected chi connectivity index (χ4v) is 4.22. The number of nitrogen functional groups attached to an aromatic ring is 1. The second kappa shape index (κ2) is 9.14. The molecule has 0 saturated heterocycles. The molecule has 0 unspecified atom stereocenters. The predicted molar refractivity (Wildman–Crippen MR) is 131 cm³/mol. The van der Waals surface area contributed by atoms with E-state index in [1.54, 1.807) is 18.3 Å². The van der Waals surface area contributed by atoms with E-state index in [-0.39, 0.29) is 17.1 Å². The number of rotatable bonds is 4. The van der Waals surface area contributed by atoms with Crippen LogP contribution < -0.4 is 16.4 Å². The Morgan fingerprint density at radius 2 is 1.74 bits per heavy atom. The molecule has 0 aliphatic rings. The average molecular weight is 481 g/mol. The van der Waals surface area contributed by atoms with Gasteiger partial charge in [0.15, 0.2) is 0 Å². The maximum atomic E-state index is 14.6. The molecule has 4 N–H and O–H groups in total. The van der Waals surface area contributed by atoms with Gasteiger partial charge in [0, 0.05) is 17.3 Å². The van der Waals surface area contributed by atoms with Crippen LogP contribution in [0, 0.1) is 11.6 Å². The van der Waals surface area contributed by atoms with Gasteiger partial charge in [0.2, 0.25) is 5.95 Å². The lowest BCUT2D eigenvalue weighted by Crippen LogP contribution is -2.20. The highest BCUT2D eigenvalue weighted by Crippen LogP contribution is 2.41. The molecule has 0 aliphatic carbocycles. The molecule has 174 valence electrons. The van der Waals surface area contributed by atoms with Gasteiger partial charge < -0.3 is 16.4 Å². The van der Waals surface area contributed by atoms with E-state index in [4.69, 9.17) is 10.7 Å². The van der Waals surface area contributed by atoms with Gasteiger partial charge in [0.1, 0.15) is 17.3 Å². The Morgan fingerprint density at radius 3 is 2.41 bits per heavy atom. The number of thiazole rings is 1. The number of carbonyl (C=O) groups excluding carboxylic acids is 1. The number of amides is 2. The topological polar surface area (TPSA) is 106 Å². The van der Waals surface area contributed by atoms with Crippen LogP contribution in [0.2, 0.25) is 0 Å². The van der Waals surface area contributed by atoms with Crippen LogP contribution in [0.3, 0.4) is 0 Å². The Balaban J connectivity index is 1.69. The Kier molecular flexibility index (Phi) is 6.25. The summed E-state index contributed by atoms with van der Waals surface area (Å²) >= 11 is 1.46. The molecule has 2 heterocycles. The van der Waals surface area contributed by atoms with Crippen molar-refractivity contribution in [3.8, 4) is 21.8 Å². The van der Waals surface area contributed by atoms with Gasteiger partial charge in [-0.2, -0.15) is 0 Å². The van der Waals surface area contributed by atoms with E-state index < -0.39 is 17.7 Å². The summed E-state index contributed by atoms with van der Waals surface area (Å²) in [6.45, 7) is 6.14. The molecule has 4 rings (SSSR count). The molecule has 10 heteroatoms. The second-order valence-corrected chi connectivity index (χ2v) is 9.53. The van der Waals surface area contributed by atoms with Gasteiger partial charge in [-0.25, -0.2) is 28.5 Å². The van der Waals surface area contributed by atoms with Crippen molar-refractivity contribution in [1.82, 2.24) is 15.0 Å². The molecule has 2 aromatic heterocycles. The first-order valence-corrected chi connectivity index (χ1v) is 11.2. The number of carbonyl (C=O) groups is 1. The van der Waals surface area contributed by atoms with E-state index in [1.165, 1.54) is 47.7 Å². The predicted octanol–water partition coefficient (Wildman–Crippen LogP) is 6.07. The van der Waals surface area contributed by atoms with Crippen LogP contribution in [0.15, 0.2) is 54.7 Å². The molecular weight excluding hydrogens is 458 g/mol. The second-order valence-electron chi connectivity index (χ2n) is 8.53. The van der Waals surface area contributed by atoms with Crippen molar-refractivity contribution in [3.63, 3.8) is 0 Å². The summed E-state index contributed by atoms with van der Waals surface area (Å²) in [5.74, 6) is -0.913. The van der Waals surface area contributed by atoms with Crippen LogP contribution in [-0.4, -0.2) is 21.0 Å². The Labute approximate surface area is 199 Å². The first-order chi connectivity index (χ1) is 16.1. The van der Waals surface area contributed by atoms with Crippen molar-refractivity contribution in [1.29, 1.82) is 0 Å². The lowest BCUT2D eigenvalue weighted by Gasteiger charge is -2.13. The van der Waals surface area contributed by atoms with Crippen LogP contribution in [0.4, 0.5) is 30.9 Å². The number of nitrogens with one attached hydrogen (secondary N) is 2. The average Bonchev–Trinajstić information content (AvgIpc) is 3.23. The fraction of sp³-hybridized carbons (Fsp3) is 0.167. The molecular formula is C24H22F2N6OS. The van der Waals surface area contributed by atoms with Gasteiger partial charge in [0.25, 0.3) is 0 Å². The molecule has 34 heavy (non-hydrogen) atoms. The zero-order valence-corrected chi connectivity index (χ0v) is 19.5. The fourth-order valence-electron chi connectivity index (χ4n) is 3.10. The molecule has 2 amide bonds. The van der Waals surface area contributed by atoms with Crippen molar-refractivity contribution >= 4 is 34.7 Å². The van der Waals surface area contributed by atoms with Gasteiger partial charge in [-0.1, -0.05) is 26.8 Å². The number of nitrogens with two attached hydrogens (primary N) is 1. The number of nitrogens with zero attached hydrogens (tertiary/aromatic N) is 3. The largest absolute Gasteiger partial charge is 0.368 e. The van der Waals surface area contributed by atoms with E-state index in [9.17, 15) is 13.6 Å². The first-order valence-electron chi connectivity index (χ1n) is 10.3. The zero-order valence-electron chi connectivity index (χ0n) is 18.7. The number of hydrogen-bond acceptors (Lipinski definition) is 6. The molecule has 0 fully saturated rings. The van der Waals surface area contributed by atoms with Gasteiger partial charge in [-0.15, -0.1) is 11.3 Å². The number of anilines is 3. The quantitative estimate of drug-likeness (QED) is 0.329. The highest BCUT2D eigenvalue weighted by molar-refractivity contribution is 7.15. The van der Waals surface area contributed by atoms with Gasteiger partial charge in [-0.3, -0.25) is 0 Å². The SMILES string of the molecule is CC(C)(C)c1nc(-c2ccnc(N)n2)c(-c2ccc(F)c(NC(=O)Nc3ccc(F)cc3)c2)s1. The van der Waals surface area contributed by atoms with E-state index in [2.05, 4.69) is 20.6 Å². The van der Waals surface area contributed by atoms with E-state index >= 15 is 0 Å². The van der Waals surface area contributed by atoms with E-state index in [1.807, 2.05) is 20.8 Å². The van der Waals surface area contributed by atoms with Crippen molar-refractivity contribution in [2.75, 3.05) is 16.4 Å². The van der Waals surface area contributed by atoms with Gasteiger partial charge in [0.05, 0.1) is 21.3 Å². The molecule has 0 bridgehead atoms. The van der Waals surface area contributed by atoms with Crippen molar-refractivity contribution in [2.45, 2.75) is 26.2 Å². The third kappa shape index (κ3) is 5.18. The molecule has 7 nitrogen and oxygen atoms in total. The molecule has 0 atom stereocenters. The Bertz CT molecular complexity index is 1350. The van der Waals surface area contributed by atoms with Crippen molar-refractivity contribution < 1.29 is 13.6 Å². The number of urea groups is 1. The summed E-state index contributed by atoms with van der Waals surface area (Å²) in [5.41, 5.74) is 7.69. The van der Waals surface area contributed by atoms with E-state index in [0.717, 1.165) is 9.88 Å². The van der Waals surface area contributed by atoms with Crippen LogP contribution in [0.5, 0.6) is 0 Å². The standard InChI is InChI=1S/C24H22F2N6OS/c1-24(2,3)21-32-19(17-10-11-28-22(27)30-17)20(34-21)13-4-9-16(26)18(12-13)31-23(33)29-15-7-5-14(25)6-8-15/h4-12H,1-3H3,(H2,27,28,30)(H2,29,31,33). The lowest BCUT2D eigenvalue weighted by atomic mass is 9.98. The zero-order chi connectivity index (χ0) is 24.5. The molecule has 2 aromatic carbocycles. The van der Waals surface area contributed by atoms with Crippen LogP contribution in [0.25, 0.3) is 21.8 Å². The molecule has 0 radical (unpaired) electrons. The minimum absolute atomic E-state index is 0.0176. The van der Waals surface area contributed by atoms with Crippen LogP contribution in [0.1, 0.15) is 25.8 Å². The minimum atomic E-state index is -0.661. The maximum Gasteiger partial charge on any atom is 0.323 e. The first kappa shape index (κ1) is 23.2. The highest BCUT2D eigenvalue weighted by atomic mass is 32.1. The monoisotopic (exact) mass is 480 g/mol. The van der Waals surface area contributed by atoms with Crippen LogP contribution in [-0.2, 0) is 5.41 Å². The highest BCUT2D eigenvalue weighted by Gasteiger charge is 2.24. The summed E-state index contributed by atoms with van der Waals surface area (Å²) < 4.78 is 27.7. The number of hydrogen-bond donors (Lipinski definition) is 3. The Hall–Kier alpha value is -3.92. The molecule has 4 aromatic rings. The summed E-state index contributed by atoms with van der Waals surface area (Å²) in [6, 6.07) is 10.7. The number of benzene rings is 2. The molecule has 0 saturated carbocycles. The summed E-state index contributed by atoms with van der Waals surface area (Å²) in [7, 11) is 0. The summed E-state index contributed by atoms with van der Waals surface area (Å²) in [5, 5.41) is 5.92. The number of halogens is 2. The summed E-state index contributed by atoms with van der Waals surface area (Å²) in [6.07, 6.45) is 1.55. The Morgan fingerprint density at radius 1 is 1.00 bits per heavy atom. The smallest absolute Gasteiger partial charge is 0.323 e. The van der Waals surface area contributed by atoms with Crippen LogP contribution >= 0.6 is 11.3 Å². The summed E-state index contributed by atoms with van der Waals surface area (Å²) in [4.78, 5) is 26.2. The molecule has 0 spiro atoms.